The van der Waals surface area contributed by atoms with Crippen molar-refractivity contribution in [1.29, 1.82) is 0 Å². The SMILES string of the molecule is CC(C)c1ccc(SCC2CCC(C(=O)O)O2)cc1. The highest BCUT2D eigenvalue weighted by molar-refractivity contribution is 7.99. The number of carboxylic acids is 1. The van der Waals surface area contributed by atoms with E-state index in [0.29, 0.717) is 12.3 Å². The molecular formula is C15H20O3S. The highest BCUT2D eigenvalue weighted by Crippen LogP contribution is 2.27. The molecule has 1 aromatic rings. The minimum Gasteiger partial charge on any atom is -0.479 e. The molecule has 1 N–H and O–H groups in total. The van der Waals surface area contributed by atoms with Gasteiger partial charge >= 0.3 is 5.97 Å². The number of ether oxygens (including phenoxy) is 1. The number of carboxylic acid groups (broad SMARTS) is 1. The number of hydrogen-bond donors (Lipinski definition) is 1. The van der Waals surface area contributed by atoms with Gasteiger partial charge in [-0.25, -0.2) is 4.79 Å². The van der Waals surface area contributed by atoms with Crippen LogP contribution in [0.25, 0.3) is 0 Å². The first-order valence-corrected chi connectivity index (χ1v) is 7.66. The number of hydrogen-bond acceptors (Lipinski definition) is 3. The number of benzene rings is 1. The van der Waals surface area contributed by atoms with Crippen LogP contribution in [-0.2, 0) is 9.53 Å². The van der Waals surface area contributed by atoms with Gasteiger partial charge in [-0.2, -0.15) is 0 Å². The van der Waals surface area contributed by atoms with Crippen molar-refractivity contribution in [3.63, 3.8) is 0 Å². The Morgan fingerprint density at radius 1 is 1.37 bits per heavy atom. The van der Waals surface area contributed by atoms with E-state index in [2.05, 4.69) is 38.1 Å². The third kappa shape index (κ3) is 3.98. The summed E-state index contributed by atoms with van der Waals surface area (Å²) in [5, 5.41) is 8.87. The fraction of sp³-hybridized carbons (Fsp3) is 0.533. The Morgan fingerprint density at radius 3 is 2.58 bits per heavy atom. The Labute approximate surface area is 118 Å². The largest absolute Gasteiger partial charge is 0.479 e. The van der Waals surface area contributed by atoms with Crippen molar-refractivity contribution in [2.24, 2.45) is 0 Å². The van der Waals surface area contributed by atoms with Gasteiger partial charge in [0, 0.05) is 10.6 Å². The molecule has 2 unspecified atom stereocenters. The fourth-order valence-corrected chi connectivity index (χ4v) is 3.10. The topological polar surface area (TPSA) is 46.5 Å². The maximum Gasteiger partial charge on any atom is 0.332 e. The minimum absolute atomic E-state index is 0.0656. The summed E-state index contributed by atoms with van der Waals surface area (Å²) in [6.07, 6.45) is 0.936. The lowest BCUT2D eigenvalue weighted by Gasteiger charge is -2.11. The van der Waals surface area contributed by atoms with Gasteiger partial charge in [-0.1, -0.05) is 26.0 Å². The van der Waals surface area contributed by atoms with E-state index in [-0.39, 0.29) is 6.10 Å². The summed E-state index contributed by atoms with van der Waals surface area (Å²) in [4.78, 5) is 12.0. The van der Waals surface area contributed by atoms with Crippen LogP contribution >= 0.6 is 11.8 Å². The van der Waals surface area contributed by atoms with Gasteiger partial charge in [-0.15, -0.1) is 11.8 Å². The lowest BCUT2D eigenvalue weighted by Crippen LogP contribution is -2.21. The first-order chi connectivity index (χ1) is 9.06. The summed E-state index contributed by atoms with van der Waals surface area (Å²) >= 11 is 1.73. The van der Waals surface area contributed by atoms with Gasteiger partial charge in [0.25, 0.3) is 0 Å². The third-order valence-corrected chi connectivity index (χ3v) is 4.51. The standard InChI is InChI=1S/C15H20O3S/c1-10(2)11-3-6-13(7-4-11)19-9-12-5-8-14(18-12)15(16)17/h3-4,6-7,10,12,14H,5,8-9H2,1-2H3,(H,16,17). The Bertz CT molecular complexity index is 428. The molecule has 1 aliphatic rings. The summed E-state index contributed by atoms with van der Waals surface area (Å²) < 4.78 is 5.49. The van der Waals surface area contributed by atoms with Crippen LogP contribution in [0.3, 0.4) is 0 Å². The van der Waals surface area contributed by atoms with Gasteiger partial charge in [-0.3, -0.25) is 0 Å². The molecule has 1 aliphatic heterocycles. The lowest BCUT2D eigenvalue weighted by atomic mass is 10.0. The van der Waals surface area contributed by atoms with Crippen molar-refractivity contribution in [3.05, 3.63) is 29.8 Å². The molecule has 3 nitrogen and oxygen atoms in total. The van der Waals surface area contributed by atoms with Gasteiger partial charge in [-0.05, 0) is 36.5 Å². The Kier molecular flexibility index (Phi) is 4.88. The van der Waals surface area contributed by atoms with Crippen molar-refractivity contribution in [1.82, 2.24) is 0 Å². The van der Waals surface area contributed by atoms with E-state index in [0.717, 1.165) is 12.2 Å². The molecule has 1 heterocycles. The van der Waals surface area contributed by atoms with E-state index in [1.54, 1.807) is 11.8 Å². The van der Waals surface area contributed by atoms with E-state index < -0.39 is 12.1 Å². The molecule has 0 aromatic heterocycles. The van der Waals surface area contributed by atoms with Gasteiger partial charge in [0.05, 0.1) is 6.10 Å². The maximum absolute atomic E-state index is 10.8. The quantitative estimate of drug-likeness (QED) is 0.838. The van der Waals surface area contributed by atoms with E-state index in [4.69, 9.17) is 9.84 Å². The predicted molar refractivity (Wildman–Crippen MR) is 76.8 cm³/mol. The number of thioether (sulfide) groups is 1. The predicted octanol–water partition coefficient (Wildman–Crippen LogP) is 3.53. The molecule has 2 rings (SSSR count). The van der Waals surface area contributed by atoms with Crippen LogP contribution in [0.15, 0.2) is 29.2 Å². The average molecular weight is 280 g/mol. The van der Waals surface area contributed by atoms with Crippen LogP contribution in [0.5, 0.6) is 0 Å². The molecule has 19 heavy (non-hydrogen) atoms. The fourth-order valence-electron chi connectivity index (χ4n) is 2.15. The molecule has 2 atom stereocenters. The smallest absolute Gasteiger partial charge is 0.332 e. The van der Waals surface area contributed by atoms with Gasteiger partial charge < -0.3 is 9.84 Å². The molecule has 0 spiro atoms. The van der Waals surface area contributed by atoms with E-state index >= 15 is 0 Å². The van der Waals surface area contributed by atoms with Crippen LogP contribution in [0, 0.1) is 0 Å². The molecular weight excluding hydrogens is 260 g/mol. The van der Waals surface area contributed by atoms with Crippen molar-refractivity contribution < 1.29 is 14.6 Å². The summed E-state index contributed by atoms with van der Waals surface area (Å²) in [5.41, 5.74) is 1.34. The molecule has 104 valence electrons. The molecule has 1 fully saturated rings. The molecule has 0 saturated carbocycles. The van der Waals surface area contributed by atoms with Gasteiger partial charge in [0.2, 0.25) is 0 Å². The lowest BCUT2D eigenvalue weighted by molar-refractivity contribution is -0.148. The highest BCUT2D eigenvalue weighted by Gasteiger charge is 2.30. The Balaban J connectivity index is 1.81. The van der Waals surface area contributed by atoms with Gasteiger partial charge in [0.15, 0.2) is 6.10 Å². The molecule has 0 amide bonds. The zero-order chi connectivity index (χ0) is 13.8. The first kappa shape index (κ1) is 14.4. The first-order valence-electron chi connectivity index (χ1n) is 6.67. The van der Waals surface area contributed by atoms with Crippen molar-refractivity contribution in [3.8, 4) is 0 Å². The molecule has 1 saturated heterocycles. The number of aliphatic carboxylic acids is 1. The third-order valence-electron chi connectivity index (χ3n) is 3.37. The second-order valence-corrected chi connectivity index (χ2v) is 6.29. The van der Waals surface area contributed by atoms with Crippen molar-refractivity contribution in [2.45, 2.75) is 49.7 Å². The maximum atomic E-state index is 10.8. The van der Waals surface area contributed by atoms with Crippen LogP contribution in [0.4, 0.5) is 0 Å². The Hall–Kier alpha value is -1.00. The number of carbonyl (C=O) groups is 1. The zero-order valence-electron chi connectivity index (χ0n) is 11.3. The van der Waals surface area contributed by atoms with Crippen LogP contribution in [0.2, 0.25) is 0 Å². The second kappa shape index (κ2) is 6.44. The van der Waals surface area contributed by atoms with E-state index in [1.165, 1.54) is 10.5 Å². The van der Waals surface area contributed by atoms with Gasteiger partial charge in [0.1, 0.15) is 0 Å². The zero-order valence-corrected chi connectivity index (χ0v) is 12.2. The van der Waals surface area contributed by atoms with Crippen LogP contribution < -0.4 is 0 Å². The van der Waals surface area contributed by atoms with Crippen molar-refractivity contribution in [2.75, 3.05) is 5.75 Å². The second-order valence-electron chi connectivity index (χ2n) is 5.20. The highest BCUT2D eigenvalue weighted by atomic mass is 32.2. The van der Waals surface area contributed by atoms with Crippen molar-refractivity contribution >= 4 is 17.7 Å². The molecule has 4 heteroatoms. The summed E-state index contributed by atoms with van der Waals surface area (Å²) in [7, 11) is 0. The molecule has 0 bridgehead atoms. The Morgan fingerprint density at radius 2 is 2.05 bits per heavy atom. The summed E-state index contributed by atoms with van der Waals surface area (Å²) in [6, 6.07) is 8.57. The molecule has 0 aliphatic carbocycles. The summed E-state index contributed by atoms with van der Waals surface area (Å²) in [5.74, 6) is 0.535. The molecule has 0 radical (unpaired) electrons. The average Bonchev–Trinajstić information content (AvgIpc) is 2.86. The van der Waals surface area contributed by atoms with E-state index in [9.17, 15) is 4.79 Å². The van der Waals surface area contributed by atoms with Crippen LogP contribution in [0.1, 0.15) is 38.2 Å². The van der Waals surface area contributed by atoms with E-state index in [1.807, 2.05) is 0 Å². The van der Waals surface area contributed by atoms with Crippen LogP contribution in [-0.4, -0.2) is 29.0 Å². The minimum atomic E-state index is -0.839. The summed E-state index contributed by atoms with van der Waals surface area (Å²) in [6.45, 7) is 4.36. The monoisotopic (exact) mass is 280 g/mol. The normalized spacial score (nSPS) is 22.9. The number of rotatable bonds is 5. The molecule has 1 aromatic carbocycles.